The zero-order valence-electron chi connectivity index (χ0n) is 6.50. The molecule has 1 aliphatic carbocycles. The molecule has 4 heteroatoms. The first-order valence-electron chi connectivity index (χ1n) is 3.76. The summed E-state index contributed by atoms with van der Waals surface area (Å²) in [4.78, 5) is 0. The van der Waals surface area contributed by atoms with E-state index in [9.17, 15) is 0 Å². The molecule has 1 saturated carbocycles. The molecule has 1 aliphatic rings. The molecule has 1 aromatic rings. The Morgan fingerprint density at radius 2 is 2.27 bits per heavy atom. The van der Waals surface area contributed by atoms with Gasteiger partial charge in [0.15, 0.2) is 0 Å². The van der Waals surface area contributed by atoms with Crippen molar-refractivity contribution in [3.63, 3.8) is 0 Å². The van der Waals surface area contributed by atoms with Crippen LogP contribution in [0, 0.1) is 5.41 Å². The highest BCUT2D eigenvalue weighted by Crippen LogP contribution is 2.47. The lowest BCUT2D eigenvalue weighted by atomic mass is 10.1. The van der Waals surface area contributed by atoms with Gasteiger partial charge in [-0.05, 0) is 18.3 Å². The van der Waals surface area contributed by atoms with Crippen molar-refractivity contribution in [2.24, 2.45) is 5.41 Å². The number of nitrogens with zero attached hydrogens (tertiary/aromatic N) is 2. The molecule has 0 radical (unpaired) electrons. The second kappa shape index (κ2) is 1.96. The quantitative estimate of drug-likeness (QED) is 0.688. The lowest BCUT2D eigenvalue weighted by molar-refractivity contribution is 0.443. The van der Waals surface area contributed by atoms with Crippen molar-refractivity contribution in [3.8, 4) is 0 Å². The Balaban J connectivity index is 2.06. The van der Waals surface area contributed by atoms with Gasteiger partial charge >= 0.3 is 6.01 Å². The van der Waals surface area contributed by atoms with Gasteiger partial charge in [-0.25, -0.2) is 0 Å². The molecular weight excluding hydrogens is 142 g/mol. The maximum absolute atomic E-state index is 5.28. The monoisotopic (exact) mass is 153 g/mol. The van der Waals surface area contributed by atoms with Crippen molar-refractivity contribution in [2.45, 2.75) is 26.2 Å². The van der Waals surface area contributed by atoms with Crippen LogP contribution in [0.2, 0.25) is 0 Å². The summed E-state index contributed by atoms with van der Waals surface area (Å²) in [5.41, 5.74) is 5.69. The van der Waals surface area contributed by atoms with Crippen LogP contribution >= 0.6 is 0 Å². The molecule has 1 heterocycles. The second-order valence-corrected chi connectivity index (χ2v) is 3.52. The van der Waals surface area contributed by atoms with Crippen molar-refractivity contribution in [3.05, 3.63) is 5.89 Å². The molecule has 1 aromatic heterocycles. The molecule has 0 aromatic carbocycles. The minimum Gasteiger partial charge on any atom is -0.408 e. The summed E-state index contributed by atoms with van der Waals surface area (Å²) in [5, 5.41) is 7.39. The summed E-state index contributed by atoms with van der Waals surface area (Å²) in [6.45, 7) is 2.22. The summed E-state index contributed by atoms with van der Waals surface area (Å²) < 4.78 is 5.06. The summed E-state index contributed by atoms with van der Waals surface area (Å²) >= 11 is 0. The third-order valence-electron chi connectivity index (χ3n) is 2.16. The van der Waals surface area contributed by atoms with Crippen LogP contribution in [0.4, 0.5) is 6.01 Å². The number of aromatic nitrogens is 2. The van der Waals surface area contributed by atoms with Gasteiger partial charge in [0.25, 0.3) is 0 Å². The van der Waals surface area contributed by atoms with Crippen LogP contribution < -0.4 is 5.73 Å². The molecule has 2 rings (SSSR count). The number of anilines is 1. The highest BCUT2D eigenvalue weighted by atomic mass is 16.4. The Labute approximate surface area is 64.8 Å². The molecule has 11 heavy (non-hydrogen) atoms. The Kier molecular flexibility index (Phi) is 1.19. The van der Waals surface area contributed by atoms with E-state index in [4.69, 9.17) is 10.2 Å². The van der Waals surface area contributed by atoms with Gasteiger partial charge in [0, 0.05) is 6.42 Å². The van der Waals surface area contributed by atoms with Crippen molar-refractivity contribution in [1.29, 1.82) is 0 Å². The maximum Gasteiger partial charge on any atom is 0.312 e. The highest BCUT2D eigenvalue weighted by molar-refractivity contribution is 5.06. The fourth-order valence-corrected chi connectivity index (χ4v) is 1.09. The van der Waals surface area contributed by atoms with E-state index in [-0.39, 0.29) is 6.01 Å². The highest BCUT2D eigenvalue weighted by Gasteiger charge is 2.38. The average Bonchev–Trinajstić information content (AvgIpc) is 2.49. The first-order valence-corrected chi connectivity index (χ1v) is 3.76. The van der Waals surface area contributed by atoms with Gasteiger partial charge in [-0.2, -0.15) is 0 Å². The van der Waals surface area contributed by atoms with E-state index in [2.05, 4.69) is 17.1 Å². The standard InChI is InChI=1S/C7H11N3O/c1-7(2-3-7)4-5-9-10-6(8)11-5/h2-4H2,1H3,(H2,8,10). The van der Waals surface area contributed by atoms with Gasteiger partial charge in [0.05, 0.1) is 0 Å². The van der Waals surface area contributed by atoms with E-state index < -0.39 is 0 Å². The fraction of sp³-hybridized carbons (Fsp3) is 0.714. The first kappa shape index (κ1) is 6.64. The molecule has 1 fully saturated rings. The fourth-order valence-electron chi connectivity index (χ4n) is 1.09. The van der Waals surface area contributed by atoms with Crippen LogP contribution in [-0.4, -0.2) is 10.2 Å². The topological polar surface area (TPSA) is 64.9 Å². The van der Waals surface area contributed by atoms with Crippen molar-refractivity contribution in [1.82, 2.24) is 10.2 Å². The van der Waals surface area contributed by atoms with Crippen LogP contribution in [0.1, 0.15) is 25.7 Å². The SMILES string of the molecule is CC1(Cc2nnc(N)o2)CC1. The minimum absolute atomic E-state index is 0.171. The van der Waals surface area contributed by atoms with Crippen molar-refractivity contribution < 1.29 is 4.42 Å². The molecule has 2 N–H and O–H groups in total. The molecular formula is C7H11N3O. The zero-order valence-corrected chi connectivity index (χ0v) is 6.50. The van der Waals surface area contributed by atoms with Crippen molar-refractivity contribution >= 4 is 6.01 Å². The Morgan fingerprint density at radius 3 is 2.73 bits per heavy atom. The van der Waals surface area contributed by atoms with E-state index in [0.717, 1.165) is 6.42 Å². The van der Waals surface area contributed by atoms with E-state index >= 15 is 0 Å². The summed E-state index contributed by atoms with van der Waals surface area (Å²) in [6.07, 6.45) is 3.39. The molecule has 60 valence electrons. The van der Waals surface area contributed by atoms with E-state index in [0.29, 0.717) is 11.3 Å². The number of rotatable bonds is 2. The maximum atomic E-state index is 5.28. The van der Waals surface area contributed by atoms with Gasteiger partial charge in [-0.1, -0.05) is 12.0 Å². The van der Waals surface area contributed by atoms with Gasteiger partial charge in [-0.15, -0.1) is 5.10 Å². The first-order chi connectivity index (χ1) is 5.18. The van der Waals surface area contributed by atoms with Gasteiger partial charge in [0.1, 0.15) is 0 Å². The number of hydrogen-bond donors (Lipinski definition) is 1. The largest absolute Gasteiger partial charge is 0.408 e. The summed E-state index contributed by atoms with van der Waals surface area (Å²) in [6, 6.07) is 0.171. The van der Waals surface area contributed by atoms with Crippen LogP contribution in [0.5, 0.6) is 0 Å². The smallest absolute Gasteiger partial charge is 0.312 e. The third-order valence-corrected chi connectivity index (χ3v) is 2.16. The number of nitrogen functional groups attached to an aromatic ring is 1. The van der Waals surface area contributed by atoms with Crippen molar-refractivity contribution in [2.75, 3.05) is 5.73 Å². The Bertz CT molecular complexity index is 264. The summed E-state index contributed by atoms with van der Waals surface area (Å²) in [7, 11) is 0. The molecule has 0 bridgehead atoms. The Hall–Kier alpha value is -1.06. The van der Waals surface area contributed by atoms with E-state index in [1.807, 2.05) is 0 Å². The third kappa shape index (κ3) is 1.34. The van der Waals surface area contributed by atoms with Crippen LogP contribution in [-0.2, 0) is 6.42 Å². The molecule has 0 amide bonds. The average molecular weight is 153 g/mol. The van der Waals surface area contributed by atoms with E-state index in [1.165, 1.54) is 12.8 Å². The lowest BCUT2D eigenvalue weighted by Gasteiger charge is -2.00. The van der Waals surface area contributed by atoms with Crippen LogP contribution in [0.3, 0.4) is 0 Å². The zero-order chi connectivity index (χ0) is 7.90. The van der Waals surface area contributed by atoms with Gasteiger partial charge in [0.2, 0.25) is 5.89 Å². The molecule has 0 aliphatic heterocycles. The molecule has 0 atom stereocenters. The predicted molar refractivity (Wildman–Crippen MR) is 39.8 cm³/mol. The molecule has 0 spiro atoms. The molecule has 0 saturated heterocycles. The van der Waals surface area contributed by atoms with Gasteiger partial charge in [-0.3, -0.25) is 0 Å². The minimum atomic E-state index is 0.171. The van der Waals surface area contributed by atoms with Crippen LogP contribution in [0.15, 0.2) is 4.42 Å². The second-order valence-electron chi connectivity index (χ2n) is 3.52. The van der Waals surface area contributed by atoms with Crippen LogP contribution in [0.25, 0.3) is 0 Å². The molecule has 0 unspecified atom stereocenters. The predicted octanol–water partition coefficient (Wildman–Crippen LogP) is 0.994. The molecule has 4 nitrogen and oxygen atoms in total. The lowest BCUT2D eigenvalue weighted by Crippen LogP contribution is -1.98. The Morgan fingerprint density at radius 1 is 1.55 bits per heavy atom. The number of nitrogens with two attached hydrogens (primary N) is 1. The summed E-state index contributed by atoms with van der Waals surface area (Å²) in [5.74, 6) is 0.669. The normalized spacial score (nSPS) is 20.1. The number of hydrogen-bond acceptors (Lipinski definition) is 4. The van der Waals surface area contributed by atoms with E-state index in [1.54, 1.807) is 0 Å². The van der Waals surface area contributed by atoms with Gasteiger partial charge < -0.3 is 10.2 Å².